The standard InChI is InChI=1S/C22H44O6/c1-3-5-7-8-9-10-15-28-22(23)12-11-14-25-17-19-27-21-20-26-18-16-24-13-6-4-2/h3-21H2,1-2H3. The third-order valence-corrected chi connectivity index (χ3v) is 4.19. The largest absolute Gasteiger partial charge is 0.466 e. The van der Waals surface area contributed by atoms with E-state index in [4.69, 9.17) is 23.7 Å². The zero-order valence-corrected chi connectivity index (χ0v) is 18.4. The second-order valence-electron chi connectivity index (χ2n) is 6.89. The Hall–Kier alpha value is -0.690. The van der Waals surface area contributed by atoms with Gasteiger partial charge in [-0.1, -0.05) is 52.4 Å². The minimum atomic E-state index is -0.121. The number of esters is 1. The first-order chi connectivity index (χ1) is 13.8. The normalized spacial score (nSPS) is 11.1. The maximum absolute atomic E-state index is 11.6. The zero-order chi connectivity index (χ0) is 20.5. The summed E-state index contributed by atoms with van der Waals surface area (Å²) in [6.45, 7) is 9.73. The van der Waals surface area contributed by atoms with Gasteiger partial charge in [0.25, 0.3) is 0 Å². The Morgan fingerprint density at radius 2 is 0.964 bits per heavy atom. The molecule has 28 heavy (non-hydrogen) atoms. The van der Waals surface area contributed by atoms with Crippen molar-refractivity contribution in [3.05, 3.63) is 0 Å². The van der Waals surface area contributed by atoms with Crippen molar-refractivity contribution in [1.82, 2.24) is 0 Å². The summed E-state index contributed by atoms with van der Waals surface area (Å²) in [6.07, 6.45) is 10.6. The van der Waals surface area contributed by atoms with Gasteiger partial charge in [-0.05, 0) is 19.3 Å². The van der Waals surface area contributed by atoms with Crippen molar-refractivity contribution in [2.45, 2.75) is 78.1 Å². The summed E-state index contributed by atoms with van der Waals surface area (Å²) in [5.74, 6) is -0.121. The topological polar surface area (TPSA) is 63.2 Å². The number of carbonyl (C=O) groups excluding carboxylic acids is 1. The first kappa shape index (κ1) is 27.3. The third kappa shape index (κ3) is 23.3. The minimum absolute atomic E-state index is 0.121. The summed E-state index contributed by atoms with van der Waals surface area (Å²) in [5.41, 5.74) is 0. The Bertz CT molecular complexity index is 311. The van der Waals surface area contributed by atoms with Crippen LogP contribution in [-0.4, -0.2) is 65.4 Å². The van der Waals surface area contributed by atoms with Crippen molar-refractivity contribution in [3.63, 3.8) is 0 Å². The van der Waals surface area contributed by atoms with E-state index in [1.54, 1.807) is 0 Å². The molecule has 0 aromatic carbocycles. The fourth-order valence-electron chi connectivity index (χ4n) is 2.47. The Kier molecular flexibility index (Phi) is 23.7. The minimum Gasteiger partial charge on any atom is -0.466 e. The monoisotopic (exact) mass is 404 g/mol. The highest BCUT2D eigenvalue weighted by Crippen LogP contribution is 2.05. The van der Waals surface area contributed by atoms with Crippen molar-refractivity contribution in [3.8, 4) is 0 Å². The molecule has 0 aliphatic rings. The lowest BCUT2D eigenvalue weighted by Crippen LogP contribution is -2.12. The maximum Gasteiger partial charge on any atom is 0.305 e. The molecule has 0 radical (unpaired) electrons. The smallest absolute Gasteiger partial charge is 0.305 e. The van der Waals surface area contributed by atoms with Gasteiger partial charge in [-0.2, -0.15) is 0 Å². The predicted octanol–water partition coefficient (Wildman–Crippen LogP) is 4.54. The van der Waals surface area contributed by atoms with Crippen molar-refractivity contribution < 1.29 is 28.5 Å². The molecule has 0 heterocycles. The lowest BCUT2D eigenvalue weighted by Gasteiger charge is -2.07. The molecule has 0 unspecified atom stereocenters. The van der Waals surface area contributed by atoms with Gasteiger partial charge >= 0.3 is 5.97 Å². The van der Waals surface area contributed by atoms with Crippen molar-refractivity contribution in [2.75, 3.05) is 59.5 Å². The van der Waals surface area contributed by atoms with Crippen LogP contribution in [-0.2, 0) is 28.5 Å². The van der Waals surface area contributed by atoms with Crippen LogP contribution in [0.2, 0.25) is 0 Å². The Balaban J connectivity index is 3.11. The fraction of sp³-hybridized carbons (Fsp3) is 0.955. The molecule has 6 heteroatoms. The highest BCUT2D eigenvalue weighted by atomic mass is 16.6. The lowest BCUT2D eigenvalue weighted by atomic mass is 10.1. The van der Waals surface area contributed by atoms with Gasteiger partial charge in [-0.15, -0.1) is 0 Å². The fourth-order valence-corrected chi connectivity index (χ4v) is 2.47. The van der Waals surface area contributed by atoms with Crippen molar-refractivity contribution in [1.29, 1.82) is 0 Å². The third-order valence-electron chi connectivity index (χ3n) is 4.19. The molecule has 0 aromatic heterocycles. The van der Waals surface area contributed by atoms with E-state index < -0.39 is 0 Å². The molecule has 0 saturated carbocycles. The molecule has 6 nitrogen and oxygen atoms in total. The molecule has 0 amide bonds. The summed E-state index contributed by atoms with van der Waals surface area (Å²) < 4.78 is 26.9. The first-order valence-electron chi connectivity index (χ1n) is 11.3. The molecule has 0 fully saturated rings. The van der Waals surface area contributed by atoms with Gasteiger partial charge in [0.2, 0.25) is 0 Å². The van der Waals surface area contributed by atoms with Crippen LogP contribution in [0.4, 0.5) is 0 Å². The quantitative estimate of drug-likeness (QED) is 0.184. The number of unbranched alkanes of at least 4 members (excludes halogenated alkanes) is 6. The van der Waals surface area contributed by atoms with E-state index in [-0.39, 0.29) is 5.97 Å². The second kappa shape index (κ2) is 24.3. The molecule has 0 atom stereocenters. The second-order valence-corrected chi connectivity index (χ2v) is 6.89. The van der Waals surface area contributed by atoms with Gasteiger partial charge in [-0.3, -0.25) is 4.79 Å². The molecule has 0 aromatic rings. The predicted molar refractivity (Wildman–Crippen MR) is 112 cm³/mol. The van der Waals surface area contributed by atoms with Crippen LogP contribution in [0.15, 0.2) is 0 Å². The molecular weight excluding hydrogens is 360 g/mol. The summed E-state index contributed by atoms with van der Waals surface area (Å²) in [6, 6.07) is 0. The maximum atomic E-state index is 11.6. The van der Waals surface area contributed by atoms with E-state index in [1.807, 2.05) is 0 Å². The average molecular weight is 405 g/mol. The molecule has 0 spiro atoms. The zero-order valence-electron chi connectivity index (χ0n) is 18.4. The highest BCUT2D eigenvalue weighted by molar-refractivity contribution is 5.69. The van der Waals surface area contributed by atoms with Crippen LogP contribution in [0.1, 0.15) is 78.1 Å². The number of carbonyl (C=O) groups is 1. The number of hydrogen-bond donors (Lipinski definition) is 0. The van der Waals surface area contributed by atoms with Gasteiger partial charge < -0.3 is 23.7 Å². The summed E-state index contributed by atoms with van der Waals surface area (Å²) in [7, 11) is 0. The van der Waals surface area contributed by atoms with Crippen LogP contribution in [0.3, 0.4) is 0 Å². The van der Waals surface area contributed by atoms with Crippen LogP contribution in [0, 0.1) is 0 Å². The molecule has 0 aliphatic heterocycles. The van der Waals surface area contributed by atoms with E-state index in [2.05, 4.69) is 13.8 Å². The van der Waals surface area contributed by atoms with Gasteiger partial charge in [0.05, 0.1) is 46.2 Å². The number of hydrogen-bond acceptors (Lipinski definition) is 6. The molecule has 0 N–H and O–H groups in total. The first-order valence-corrected chi connectivity index (χ1v) is 11.3. The lowest BCUT2D eigenvalue weighted by molar-refractivity contribution is -0.144. The molecular formula is C22H44O6. The van der Waals surface area contributed by atoms with Crippen molar-refractivity contribution >= 4 is 5.97 Å². The van der Waals surface area contributed by atoms with E-state index in [9.17, 15) is 4.79 Å². The Morgan fingerprint density at radius 3 is 1.54 bits per heavy atom. The SMILES string of the molecule is CCCCCCCCOC(=O)CCCOCCOCCOCCOCCCC. The summed E-state index contributed by atoms with van der Waals surface area (Å²) >= 11 is 0. The Labute approximate surface area is 172 Å². The van der Waals surface area contributed by atoms with E-state index in [0.717, 1.165) is 32.3 Å². The molecule has 0 rings (SSSR count). The van der Waals surface area contributed by atoms with Crippen LogP contribution < -0.4 is 0 Å². The molecule has 0 saturated heterocycles. The van der Waals surface area contributed by atoms with Gasteiger partial charge in [-0.25, -0.2) is 0 Å². The van der Waals surface area contributed by atoms with Crippen LogP contribution in [0.25, 0.3) is 0 Å². The average Bonchev–Trinajstić information content (AvgIpc) is 2.70. The summed E-state index contributed by atoms with van der Waals surface area (Å²) in [5, 5.41) is 0. The van der Waals surface area contributed by atoms with Crippen LogP contribution >= 0.6 is 0 Å². The van der Waals surface area contributed by atoms with Gasteiger partial charge in [0.1, 0.15) is 0 Å². The highest BCUT2D eigenvalue weighted by Gasteiger charge is 2.02. The van der Waals surface area contributed by atoms with Crippen molar-refractivity contribution in [2.24, 2.45) is 0 Å². The van der Waals surface area contributed by atoms with E-state index in [1.165, 1.54) is 25.7 Å². The van der Waals surface area contributed by atoms with Gasteiger partial charge in [0.15, 0.2) is 0 Å². The number of ether oxygens (including phenoxy) is 5. The molecule has 168 valence electrons. The molecule has 0 aliphatic carbocycles. The molecule has 0 bridgehead atoms. The van der Waals surface area contributed by atoms with Crippen LogP contribution in [0.5, 0.6) is 0 Å². The van der Waals surface area contributed by atoms with E-state index in [0.29, 0.717) is 65.7 Å². The summed E-state index contributed by atoms with van der Waals surface area (Å²) in [4.78, 5) is 11.6. The Morgan fingerprint density at radius 1 is 0.500 bits per heavy atom. The van der Waals surface area contributed by atoms with E-state index >= 15 is 0 Å². The number of rotatable bonds is 23. The van der Waals surface area contributed by atoms with Gasteiger partial charge in [0, 0.05) is 19.6 Å².